The van der Waals surface area contributed by atoms with Gasteiger partial charge in [0.25, 0.3) is 0 Å². The number of rotatable bonds is 7. The minimum Gasteiger partial charge on any atom is -0.326 e. The van der Waals surface area contributed by atoms with Crippen molar-refractivity contribution in [2.45, 2.75) is 25.2 Å². The zero-order chi connectivity index (χ0) is 19.3. The van der Waals surface area contributed by atoms with Crippen LogP contribution in [-0.2, 0) is 14.8 Å². The maximum atomic E-state index is 12.3. The van der Waals surface area contributed by atoms with E-state index in [1.165, 1.54) is 25.1 Å². The first kappa shape index (κ1) is 20.1. The maximum Gasteiger partial charge on any atom is 0.240 e. The van der Waals surface area contributed by atoms with Crippen molar-refractivity contribution in [1.82, 2.24) is 4.72 Å². The predicted octanol–water partition coefficient (Wildman–Crippen LogP) is 3.16. The van der Waals surface area contributed by atoms with Gasteiger partial charge in [-0.3, -0.25) is 9.59 Å². The van der Waals surface area contributed by atoms with Crippen molar-refractivity contribution in [2.75, 3.05) is 11.9 Å². The van der Waals surface area contributed by atoms with Crippen LogP contribution in [0.4, 0.5) is 5.69 Å². The van der Waals surface area contributed by atoms with E-state index >= 15 is 0 Å². The fourth-order valence-corrected chi connectivity index (χ4v) is 3.55. The van der Waals surface area contributed by atoms with Crippen molar-refractivity contribution in [3.63, 3.8) is 0 Å². The van der Waals surface area contributed by atoms with Gasteiger partial charge in [-0.1, -0.05) is 23.7 Å². The first-order valence-corrected chi connectivity index (χ1v) is 9.72. The highest BCUT2D eigenvalue weighted by molar-refractivity contribution is 7.89. The van der Waals surface area contributed by atoms with Crippen LogP contribution in [0.2, 0.25) is 5.02 Å². The summed E-state index contributed by atoms with van der Waals surface area (Å²) in [5, 5.41) is 3.28. The Morgan fingerprint density at radius 1 is 1.12 bits per heavy atom. The molecule has 0 unspecified atom stereocenters. The average Bonchev–Trinajstić information content (AvgIpc) is 2.57. The number of sulfonamides is 1. The van der Waals surface area contributed by atoms with Crippen molar-refractivity contribution in [3.8, 4) is 0 Å². The first-order chi connectivity index (χ1) is 12.2. The average molecular weight is 395 g/mol. The number of amides is 1. The molecule has 2 rings (SSSR count). The molecule has 0 spiro atoms. The molecular weight excluding hydrogens is 376 g/mol. The Morgan fingerprint density at radius 3 is 2.50 bits per heavy atom. The fourth-order valence-electron chi connectivity index (χ4n) is 2.24. The van der Waals surface area contributed by atoms with E-state index < -0.39 is 10.0 Å². The van der Waals surface area contributed by atoms with Gasteiger partial charge in [0.05, 0.1) is 4.90 Å². The third-order valence-electron chi connectivity index (χ3n) is 3.66. The third-order valence-corrected chi connectivity index (χ3v) is 5.35. The highest BCUT2D eigenvalue weighted by atomic mass is 35.5. The molecule has 6 nitrogen and oxygen atoms in total. The molecule has 0 aliphatic rings. The molecule has 0 aromatic heterocycles. The number of aryl methyl sites for hydroxylation is 1. The molecule has 138 valence electrons. The van der Waals surface area contributed by atoms with Crippen molar-refractivity contribution in [1.29, 1.82) is 0 Å². The van der Waals surface area contributed by atoms with Gasteiger partial charge in [0.2, 0.25) is 15.9 Å². The molecular formula is C18H19ClN2O4S. The van der Waals surface area contributed by atoms with Crippen LogP contribution in [0.3, 0.4) is 0 Å². The zero-order valence-electron chi connectivity index (χ0n) is 14.4. The molecule has 1 amide bonds. The smallest absolute Gasteiger partial charge is 0.240 e. The summed E-state index contributed by atoms with van der Waals surface area (Å²) in [7, 11) is -3.80. The van der Waals surface area contributed by atoms with Gasteiger partial charge >= 0.3 is 0 Å². The predicted molar refractivity (Wildman–Crippen MR) is 101 cm³/mol. The number of anilines is 1. The van der Waals surface area contributed by atoms with Crippen LogP contribution in [-0.4, -0.2) is 26.7 Å². The number of carbonyl (C=O) groups is 2. The molecule has 2 aromatic rings. The lowest BCUT2D eigenvalue weighted by Gasteiger charge is -2.10. The van der Waals surface area contributed by atoms with E-state index in [4.69, 9.17) is 11.6 Å². The van der Waals surface area contributed by atoms with Gasteiger partial charge in [0.15, 0.2) is 5.78 Å². The Labute approximate surface area is 157 Å². The van der Waals surface area contributed by atoms with Crippen LogP contribution in [0.5, 0.6) is 0 Å². The Hall–Kier alpha value is -2.22. The van der Waals surface area contributed by atoms with Crippen LogP contribution in [0.1, 0.15) is 29.3 Å². The minimum absolute atomic E-state index is 0.0147. The number of ketones is 1. The summed E-state index contributed by atoms with van der Waals surface area (Å²) in [6, 6.07) is 10.8. The van der Waals surface area contributed by atoms with E-state index in [-0.39, 0.29) is 29.6 Å². The molecule has 0 saturated carbocycles. The fraction of sp³-hybridized carbons (Fsp3) is 0.222. The Morgan fingerprint density at radius 2 is 1.85 bits per heavy atom. The molecule has 8 heteroatoms. The van der Waals surface area contributed by atoms with Crippen molar-refractivity contribution in [2.24, 2.45) is 0 Å². The van der Waals surface area contributed by atoms with Gasteiger partial charge in [-0.2, -0.15) is 0 Å². The van der Waals surface area contributed by atoms with Crippen LogP contribution in [0.25, 0.3) is 0 Å². The Kier molecular flexibility index (Phi) is 6.52. The summed E-state index contributed by atoms with van der Waals surface area (Å²) < 4.78 is 26.9. The number of Topliss-reactive ketones (excluding diaryl/α,β-unsaturated/α-hetero) is 1. The lowest BCUT2D eigenvalue weighted by atomic mass is 10.2. The van der Waals surface area contributed by atoms with Crippen LogP contribution >= 0.6 is 11.6 Å². The minimum atomic E-state index is -3.80. The zero-order valence-corrected chi connectivity index (χ0v) is 15.9. The number of halogens is 1. The van der Waals surface area contributed by atoms with Crippen molar-refractivity contribution >= 4 is 39.0 Å². The summed E-state index contributed by atoms with van der Waals surface area (Å²) >= 11 is 5.87. The van der Waals surface area contributed by atoms with Crippen LogP contribution < -0.4 is 10.0 Å². The quantitative estimate of drug-likeness (QED) is 0.705. The monoisotopic (exact) mass is 394 g/mol. The summed E-state index contributed by atoms with van der Waals surface area (Å²) in [4.78, 5) is 23.4. The maximum absolute atomic E-state index is 12.3. The third kappa shape index (κ3) is 5.39. The first-order valence-electron chi connectivity index (χ1n) is 7.86. The molecule has 2 N–H and O–H groups in total. The van der Waals surface area contributed by atoms with E-state index in [9.17, 15) is 18.0 Å². The second kappa shape index (κ2) is 8.44. The number of benzene rings is 2. The topological polar surface area (TPSA) is 92.3 Å². The number of nitrogens with one attached hydrogen (secondary N) is 2. The van der Waals surface area contributed by atoms with E-state index in [1.54, 1.807) is 24.3 Å². The van der Waals surface area contributed by atoms with E-state index in [0.717, 1.165) is 5.56 Å². The van der Waals surface area contributed by atoms with Crippen molar-refractivity contribution in [3.05, 3.63) is 58.6 Å². The Balaban J connectivity index is 1.94. The second-order valence-corrected chi connectivity index (χ2v) is 7.94. The van der Waals surface area contributed by atoms with Gasteiger partial charge in [0.1, 0.15) is 0 Å². The SMILES string of the molecule is CC(=O)c1cccc(S(=O)(=O)NCCC(=O)Nc2ccc(Cl)cc2C)c1. The summed E-state index contributed by atoms with van der Waals surface area (Å²) in [5.74, 6) is -0.546. The van der Waals surface area contributed by atoms with Gasteiger partial charge < -0.3 is 5.32 Å². The normalized spacial score (nSPS) is 11.2. The second-order valence-electron chi connectivity index (χ2n) is 5.74. The van der Waals surface area contributed by atoms with E-state index in [2.05, 4.69) is 10.0 Å². The van der Waals surface area contributed by atoms with Gasteiger partial charge in [-0.15, -0.1) is 0 Å². The summed E-state index contributed by atoms with van der Waals surface area (Å²) in [6.45, 7) is 3.11. The highest BCUT2D eigenvalue weighted by Gasteiger charge is 2.15. The van der Waals surface area contributed by atoms with Gasteiger partial charge in [-0.05, 0) is 49.7 Å². The van der Waals surface area contributed by atoms with E-state index in [1.807, 2.05) is 6.92 Å². The molecule has 0 radical (unpaired) electrons. The van der Waals surface area contributed by atoms with Crippen LogP contribution in [0, 0.1) is 6.92 Å². The number of carbonyl (C=O) groups excluding carboxylic acids is 2. The molecule has 0 heterocycles. The Bertz CT molecular complexity index is 942. The highest BCUT2D eigenvalue weighted by Crippen LogP contribution is 2.19. The van der Waals surface area contributed by atoms with Gasteiger partial charge in [-0.25, -0.2) is 13.1 Å². The molecule has 0 fully saturated rings. The van der Waals surface area contributed by atoms with Crippen molar-refractivity contribution < 1.29 is 18.0 Å². The molecule has 26 heavy (non-hydrogen) atoms. The van der Waals surface area contributed by atoms with E-state index in [0.29, 0.717) is 16.3 Å². The summed E-state index contributed by atoms with van der Waals surface area (Å²) in [5.41, 5.74) is 1.74. The number of hydrogen-bond acceptors (Lipinski definition) is 4. The largest absolute Gasteiger partial charge is 0.326 e. The number of hydrogen-bond donors (Lipinski definition) is 2. The molecule has 0 atom stereocenters. The molecule has 0 aliphatic carbocycles. The molecule has 0 aliphatic heterocycles. The lowest BCUT2D eigenvalue weighted by Crippen LogP contribution is -2.28. The molecule has 2 aromatic carbocycles. The van der Waals surface area contributed by atoms with Crippen LogP contribution in [0.15, 0.2) is 47.4 Å². The lowest BCUT2D eigenvalue weighted by molar-refractivity contribution is -0.116. The standard InChI is InChI=1S/C18H19ClN2O4S/c1-12-10-15(19)6-7-17(12)21-18(23)8-9-20-26(24,25)16-5-3-4-14(11-16)13(2)22/h3-7,10-11,20H,8-9H2,1-2H3,(H,21,23). The summed E-state index contributed by atoms with van der Waals surface area (Å²) in [6.07, 6.45) is -0.0340. The molecule has 0 saturated heterocycles. The van der Waals surface area contributed by atoms with Gasteiger partial charge in [0, 0.05) is 29.2 Å². The molecule has 0 bridgehead atoms.